The van der Waals surface area contributed by atoms with Crippen LogP contribution in [0.15, 0.2) is 18.2 Å². The van der Waals surface area contributed by atoms with E-state index in [1.165, 1.54) is 0 Å². The molecule has 1 atom stereocenters. The van der Waals surface area contributed by atoms with Gasteiger partial charge in [0.25, 0.3) is 0 Å². The molecule has 6 heteroatoms. The normalized spacial score (nSPS) is 19.2. The topological polar surface area (TPSA) is 72.4 Å². The number of amides is 1. The molecule has 4 N–H and O–H groups in total. The number of hydrogen-bond acceptors (Lipinski definition) is 3. The lowest BCUT2D eigenvalue weighted by molar-refractivity contribution is -0.122. The average molecular weight is 298 g/mol. The Hall–Kier alpha value is -1.33. The van der Waals surface area contributed by atoms with Crippen molar-refractivity contribution < 1.29 is 4.79 Å². The maximum atomic E-state index is 11.3. The van der Waals surface area contributed by atoms with Crippen LogP contribution in [0.1, 0.15) is 18.4 Å². The van der Waals surface area contributed by atoms with E-state index < -0.39 is 0 Å². The largest absolute Gasteiger partial charge is 0.389 e. The minimum absolute atomic E-state index is 0.0946. The van der Waals surface area contributed by atoms with Gasteiger partial charge in [-0.1, -0.05) is 23.8 Å². The Morgan fingerprint density at radius 2 is 2.16 bits per heavy atom. The molecule has 1 aliphatic heterocycles. The Labute approximate surface area is 122 Å². The quantitative estimate of drug-likeness (QED) is 0.833. The fourth-order valence-electron chi connectivity index (χ4n) is 2.34. The summed E-state index contributed by atoms with van der Waals surface area (Å²) in [4.78, 5) is 13.7. The van der Waals surface area contributed by atoms with E-state index in [0.717, 1.165) is 25.1 Å². The Kier molecular flexibility index (Phi) is 4.27. The van der Waals surface area contributed by atoms with E-state index in [0.29, 0.717) is 17.1 Å². The summed E-state index contributed by atoms with van der Waals surface area (Å²) >= 11 is 11.1. The van der Waals surface area contributed by atoms with E-state index in [9.17, 15) is 4.79 Å². The van der Waals surface area contributed by atoms with Gasteiger partial charge >= 0.3 is 0 Å². The minimum Gasteiger partial charge on any atom is -0.389 e. The molecule has 1 fully saturated rings. The highest BCUT2D eigenvalue weighted by molar-refractivity contribution is 7.80. The first kappa shape index (κ1) is 14.1. The van der Waals surface area contributed by atoms with Crippen LogP contribution in [0.2, 0.25) is 5.02 Å². The predicted octanol–water partition coefficient (Wildman–Crippen LogP) is 1.68. The number of benzene rings is 1. The molecule has 0 aromatic heterocycles. The number of piperidine rings is 1. The van der Waals surface area contributed by atoms with Crippen molar-refractivity contribution in [1.29, 1.82) is 0 Å². The zero-order valence-corrected chi connectivity index (χ0v) is 12.0. The minimum atomic E-state index is -0.240. The van der Waals surface area contributed by atoms with E-state index in [1.54, 1.807) is 0 Å². The van der Waals surface area contributed by atoms with E-state index >= 15 is 0 Å². The predicted molar refractivity (Wildman–Crippen MR) is 81.5 cm³/mol. The second-order valence-electron chi connectivity index (χ2n) is 4.72. The van der Waals surface area contributed by atoms with Gasteiger partial charge in [-0.15, -0.1) is 0 Å². The second kappa shape index (κ2) is 5.75. The van der Waals surface area contributed by atoms with Gasteiger partial charge in [0.1, 0.15) is 4.99 Å². The molecule has 1 aliphatic rings. The number of halogens is 1. The summed E-state index contributed by atoms with van der Waals surface area (Å²) in [5.74, 6) is -0.335. The highest BCUT2D eigenvalue weighted by Crippen LogP contribution is 2.27. The van der Waals surface area contributed by atoms with Crippen LogP contribution in [0.25, 0.3) is 0 Å². The first-order chi connectivity index (χ1) is 8.99. The molecule has 0 saturated carbocycles. The summed E-state index contributed by atoms with van der Waals surface area (Å²) in [6.45, 7) is 1.53. The van der Waals surface area contributed by atoms with Gasteiger partial charge in [0.2, 0.25) is 5.91 Å². The average Bonchev–Trinajstić information content (AvgIpc) is 2.38. The fraction of sp³-hybridized carbons (Fsp3) is 0.385. The monoisotopic (exact) mass is 297 g/mol. The van der Waals surface area contributed by atoms with Crippen LogP contribution in [0.5, 0.6) is 0 Å². The molecule has 1 aromatic rings. The van der Waals surface area contributed by atoms with Gasteiger partial charge in [-0.05, 0) is 31.0 Å². The van der Waals surface area contributed by atoms with Gasteiger partial charge in [-0.25, -0.2) is 0 Å². The second-order valence-corrected chi connectivity index (χ2v) is 5.56. The van der Waals surface area contributed by atoms with Crippen LogP contribution in [-0.2, 0) is 4.79 Å². The van der Waals surface area contributed by atoms with Crippen LogP contribution >= 0.6 is 23.8 Å². The van der Waals surface area contributed by atoms with Crippen LogP contribution < -0.4 is 16.4 Å². The summed E-state index contributed by atoms with van der Waals surface area (Å²) in [6, 6.07) is 5.57. The van der Waals surface area contributed by atoms with E-state index in [2.05, 4.69) is 4.90 Å². The first-order valence-corrected chi connectivity index (χ1v) is 6.91. The Morgan fingerprint density at radius 3 is 2.74 bits per heavy atom. The van der Waals surface area contributed by atoms with Crippen molar-refractivity contribution in [2.45, 2.75) is 12.8 Å². The third-order valence-electron chi connectivity index (χ3n) is 3.41. The molecule has 19 heavy (non-hydrogen) atoms. The van der Waals surface area contributed by atoms with E-state index in [-0.39, 0.29) is 16.8 Å². The Morgan fingerprint density at radius 1 is 1.42 bits per heavy atom. The molecule has 0 bridgehead atoms. The van der Waals surface area contributed by atoms with Crippen molar-refractivity contribution in [1.82, 2.24) is 0 Å². The van der Waals surface area contributed by atoms with Gasteiger partial charge in [0.05, 0.1) is 10.9 Å². The number of nitrogens with two attached hydrogens (primary N) is 2. The molecule has 0 aliphatic carbocycles. The van der Waals surface area contributed by atoms with Crippen molar-refractivity contribution in [3.8, 4) is 0 Å². The van der Waals surface area contributed by atoms with Crippen LogP contribution in [-0.4, -0.2) is 24.0 Å². The summed E-state index contributed by atoms with van der Waals surface area (Å²) in [5.41, 5.74) is 12.6. The molecule has 1 heterocycles. The number of carbonyl (C=O) groups excluding carboxylic acids is 1. The molecular formula is C13H16ClN3OS. The molecule has 102 valence electrons. The van der Waals surface area contributed by atoms with Crippen molar-refractivity contribution in [3.63, 3.8) is 0 Å². The fourth-order valence-corrected chi connectivity index (χ4v) is 2.86. The number of thiocarbonyl (C=S) groups is 1. The molecule has 0 spiro atoms. The molecule has 2 rings (SSSR count). The number of hydrogen-bond donors (Lipinski definition) is 2. The van der Waals surface area contributed by atoms with Crippen molar-refractivity contribution in [2.75, 3.05) is 18.0 Å². The van der Waals surface area contributed by atoms with Crippen molar-refractivity contribution >= 4 is 40.4 Å². The van der Waals surface area contributed by atoms with Crippen LogP contribution in [0.4, 0.5) is 5.69 Å². The van der Waals surface area contributed by atoms with Gasteiger partial charge in [0, 0.05) is 24.3 Å². The molecule has 1 saturated heterocycles. The van der Waals surface area contributed by atoms with Crippen molar-refractivity contribution in [3.05, 3.63) is 28.8 Å². The molecule has 1 amide bonds. The van der Waals surface area contributed by atoms with E-state index in [4.69, 9.17) is 35.3 Å². The zero-order valence-electron chi connectivity index (χ0n) is 10.4. The Balaban J connectivity index is 2.20. The number of rotatable bonds is 3. The lowest BCUT2D eigenvalue weighted by Gasteiger charge is -2.33. The van der Waals surface area contributed by atoms with Gasteiger partial charge in [-0.3, -0.25) is 4.79 Å². The molecule has 1 aromatic carbocycles. The molecular weight excluding hydrogens is 282 g/mol. The maximum absolute atomic E-state index is 11.3. The Bertz CT molecular complexity index is 521. The summed E-state index contributed by atoms with van der Waals surface area (Å²) < 4.78 is 0. The SMILES string of the molecule is NC(=O)C1CCCN(c2ccc(C(N)=S)c(Cl)c2)C1. The van der Waals surface area contributed by atoms with Crippen LogP contribution in [0, 0.1) is 5.92 Å². The lowest BCUT2D eigenvalue weighted by atomic mass is 9.97. The zero-order chi connectivity index (χ0) is 14.0. The smallest absolute Gasteiger partial charge is 0.222 e. The van der Waals surface area contributed by atoms with Gasteiger partial charge in [-0.2, -0.15) is 0 Å². The standard InChI is InChI=1S/C13H16ClN3OS/c14-11-6-9(3-4-10(11)13(16)19)17-5-1-2-8(7-17)12(15)18/h3-4,6,8H,1-2,5,7H2,(H2,15,18)(H2,16,19). The lowest BCUT2D eigenvalue weighted by Crippen LogP contribution is -2.41. The highest BCUT2D eigenvalue weighted by Gasteiger charge is 2.24. The molecule has 1 unspecified atom stereocenters. The first-order valence-electron chi connectivity index (χ1n) is 6.12. The van der Waals surface area contributed by atoms with Crippen molar-refractivity contribution in [2.24, 2.45) is 17.4 Å². The number of anilines is 1. The third kappa shape index (κ3) is 3.16. The summed E-state index contributed by atoms with van der Waals surface area (Å²) in [6.07, 6.45) is 1.80. The number of carbonyl (C=O) groups is 1. The number of primary amides is 1. The third-order valence-corrected chi connectivity index (χ3v) is 3.94. The molecule has 0 radical (unpaired) electrons. The summed E-state index contributed by atoms with van der Waals surface area (Å²) in [7, 11) is 0. The van der Waals surface area contributed by atoms with Crippen LogP contribution in [0.3, 0.4) is 0 Å². The summed E-state index contributed by atoms with van der Waals surface area (Å²) in [5, 5.41) is 0.534. The number of nitrogens with zero attached hydrogens (tertiary/aromatic N) is 1. The maximum Gasteiger partial charge on any atom is 0.222 e. The van der Waals surface area contributed by atoms with Gasteiger partial charge < -0.3 is 16.4 Å². The molecule has 4 nitrogen and oxygen atoms in total. The van der Waals surface area contributed by atoms with E-state index in [1.807, 2.05) is 18.2 Å². The van der Waals surface area contributed by atoms with Gasteiger partial charge in [0.15, 0.2) is 0 Å². The highest BCUT2D eigenvalue weighted by atomic mass is 35.5.